The molecule has 2 atom stereocenters. The third-order valence-corrected chi connectivity index (χ3v) is 3.70. The lowest BCUT2D eigenvalue weighted by Crippen LogP contribution is -2.57. The van der Waals surface area contributed by atoms with E-state index in [1.54, 1.807) is 18.0 Å². The molecule has 2 rings (SSSR count). The first-order chi connectivity index (χ1) is 10.5. The van der Waals surface area contributed by atoms with Gasteiger partial charge in [-0.2, -0.15) is 0 Å². The number of amides is 1. The molecule has 1 aromatic rings. The molecule has 0 radical (unpaired) electrons. The van der Waals surface area contributed by atoms with E-state index in [-0.39, 0.29) is 6.61 Å². The number of carbonyl (C=O) groups is 1. The van der Waals surface area contributed by atoms with Crippen LogP contribution in [-0.2, 0) is 11.3 Å². The van der Waals surface area contributed by atoms with Crippen molar-refractivity contribution in [3.8, 4) is 0 Å². The molecule has 0 fully saturated rings. The molecule has 22 heavy (non-hydrogen) atoms. The molecule has 0 spiro atoms. The van der Waals surface area contributed by atoms with E-state index in [2.05, 4.69) is 15.9 Å². The molecule has 1 amide bonds. The Morgan fingerprint density at radius 3 is 2.64 bits per heavy atom. The molecule has 1 aromatic carbocycles. The second-order valence-corrected chi connectivity index (χ2v) is 5.76. The van der Waals surface area contributed by atoms with Crippen LogP contribution in [0.2, 0.25) is 0 Å². The fourth-order valence-electron chi connectivity index (χ4n) is 2.17. The number of rotatable bonds is 4. The molecule has 0 aliphatic carbocycles. The minimum Gasteiger partial charge on any atom is -0.444 e. The summed E-state index contributed by atoms with van der Waals surface area (Å²) < 4.78 is 5.18. The van der Waals surface area contributed by atoms with Gasteiger partial charge in [-0.15, -0.1) is 0 Å². The third kappa shape index (κ3) is 3.79. The summed E-state index contributed by atoms with van der Waals surface area (Å²) in [5, 5.41) is 21.0. The lowest BCUT2D eigenvalue weighted by molar-refractivity contribution is -0.143. The average Bonchev–Trinajstić information content (AvgIpc) is 2.52. The number of ether oxygens (including phenoxy) is 1. The molecule has 1 aliphatic heterocycles. The molecule has 0 saturated carbocycles. The molecule has 0 saturated heterocycles. The smallest absolute Gasteiger partial charge is 0.416 e. The molecule has 0 bridgehead atoms. The normalized spacial score (nSPS) is 21.5. The van der Waals surface area contributed by atoms with Gasteiger partial charge in [0.05, 0.1) is 0 Å². The summed E-state index contributed by atoms with van der Waals surface area (Å²) in [6, 6.07) is 9.23. The van der Waals surface area contributed by atoms with Crippen LogP contribution in [0.1, 0.15) is 12.5 Å². The van der Waals surface area contributed by atoms with Crippen LogP contribution in [0.4, 0.5) is 4.79 Å². The zero-order chi connectivity index (χ0) is 16.1. The van der Waals surface area contributed by atoms with Crippen molar-refractivity contribution in [3.63, 3.8) is 0 Å². The van der Waals surface area contributed by atoms with Gasteiger partial charge < -0.3 is 19.8 Å². The summed E-state index contributed by atoms with van der Waals surface area (Å²) in [6.07, 6.45) is -1.60. The molecule has 1 aliphatic rings. The van der Waals surface area contributed by atoms with E-state index in [9.17, 15) is 15.0 Å². The Labute approximate surface area is 137 Å². The van der Waals surface area contributed by atoms with Crippen LogP contribution >= 0.6 is 15.9 Å². The van der Waals surface area contributed by atoms with Crippen LogP contribution in [0.3, 0.4) is 0 Å². The molecule has 120 valence electrons. The minimum absolute atomic E-state index is 0.0802. The second kappa shape index (κ2) is 7.62. The second-order valence-electron chi connectivity index (χ2n) is 4.97. The lowest BCUT2D eigenvalue weighted by atomic mass is 10.2. The van der Waals surface area contributed by atoms with Gasteiger partial charge in [0.25, 0.3) is 0 Å². The van der Waals surface area contributed by atoms with Crippen LogP contribution in [0.5, 0.6) is 0 Å². The van der Waals surface area contributed by atoms with Crippen molar-refractivity contribution in [1.82, 2.24) is 9.80 Å². The standard InChI is InChI=1S/C15H19BrN2O4/c1-11-9-17(8-7-16)14(20)18(13(11)19)15(21)22-10-12-5-3-2-4-6-12/h2-6,9,13-14,19-20H,7-8,10H2,1H3. The van der Waals surface area contributed by atoms with Gasteiger partial charge in [0.1, 0.15) is 6.61 Å². The molecule has 0 aromatic heterocycles. The van der Waals surface area contributed by atoms with Crippen LogP contribution < -0.4 is 0 Å². The van der Waals surface area contributed by atoms with Gasteiger partial charge in [0, 0.05) is 18.1 Å². The van der Waals surface area contributed by atoms with E-state index in [0.29, 0.717) is 17.4 Å². The van der Waals surface area contributed by atoms with Gasteiger partial charge in [-0.1, -0.05) is 46.3 Å². The highest BCUT2D eigenvalue weighted by Gasteiger charge is 2.37. The summed E-state index contributed by atoms with van der Waals surface area (Å²) in [4.78, 5) is 14.7. The zero-order valence-electron chi connectivity index (χ0n) is 12.2. The number of carbonyl (C=O) groups excluding carboxylic acids is 1. The number of aliphatic hydroxyl groups excluding tert-OH is 2. The highest BCUT2D eigenvalue weighted by atomic mass is 79.9. The number of hydrogen-bond donors (Lipinski definition) is 2. The Bertz CT molecular complexity index is 538. The van der Waals surface area contributed by atoms with E-state index in [1.165, 1.54) is 0 Å². The summed E-state index contributed by atoms with van der Waals surface area (Å²) in [5.41, 5.74) is 1.39. The number of halogens is 1. The number of hydrogen-bond acceptors (Lipinski definition) is 5. The largest absolute Gasteiger partial charge is 0.444 e. The fraction of sp³-hybridized carbons (Fsp3) is 0.400. The summed E-state index contributed by atoms with van der Waals surface area (Å²) >= 11 is 3.29. The maximum atomic E-state index is 12.2. The van der Waals surface area contributed by atoms with Crippen molar-refractivity contribution in [1.29, 1.82) is 0 Å². The van der Waals surface area contributed by atoms with Crippen LogP contribution in [-0.4, -0.2) is 50.6 Å². The highest BCUT2D eigenvalue weighted by molar-refractivity contribution is 9.09. The monoisotopic (exact) mass is 370 g/mol. The van der Waals surface area contributed by atoms with Crippen molar-refractivity contribution in [2.24, 2.45) is 0 Å². The number of aliphatic hydroxyl groups is 2. The predicted octanol–water partition coefficient (Wildman–Crippen LogP) is 1.83. The van der Waals surface area contributed by atoms with Crippen molar-refractivity contribution < 1.29 is 19.7 Å². The molecule has 2 N–H and O–H groups in total. The Morgan fingerprint density at radius 2 is 2.00 bits per heavy atom. The van der Waals surface area contributed by atoms with Crippen molar-refractivity contribution in [2.45, 2.75) is 26.1 Å². The molecular formula is C15H19BrN2O4. The summed E-state index contributed by atoms with van der Waals surface area (Å²) in [5.74, 6) is 0. The molecule has 1 heterocycles. The Kier molecular flexibility index (Phi) is 5.82. The van der Waals surface area contributed by atoms with Crippen molar-refractivity contribution in [2.75, 3.05) is 11.9 Å². The average molecular weight is 371 g/mol. The first-order valence-electron chi connectivity index (χ1n) is 6.89. The van der Waals surface area contributed by atoms with Crippen LogP contribution in [0, 0.1) is 0 Å². The van der Waals surface area contributed by atoms with E-state index in [0.717, 1.165) is 10.5 Å². The quantitative estimate of drug-likeness (QED) is 0.791. The molecular weight excluding hydrogens is 352 g/mol. The lowest BCUT2D eigenvalue weighted by Gasteiger charge is -2.41. The van der Waals surface area contributed by atoms with Gasteiger partial charge in [-0.3, -0.25) is 0 Å². The van der Waals surface area contributed by atoms with Gasteiger partial charge in [0.15, 0.2) is 6.23 Å². The van der Waals surface area contributed by atoms with Gasteiger partial charge in [-0.05, 0) is 18.1 Å². The van der Waals surface area contributed by atoms with Gasteiger partial charge in [-0.25, -0.2) is 9.69 Å². The Balaban J connectivity index is 2.05. The Hall–Kier alpha value is -1.57. The third-order valence-electron chi connectivity index (χ3n) is 3.34. The first kappa shape index (κ1) is 16.8. The predicted molar refractivity (Wildman–Crippen MR) is 84.7 cm³/mol. The molecule has 2 unspecified atom stereocenters. The Morgan fingerprint density at radius 1 is 1.32 bits per heavy atom. The SMILES string of the molecule is CC1=CN(CCBr)C(O)N(C(=O)OCc2ccccc2)C1O. The summed E-state index contributed by atoms with van der Waals surface area (Å²) in [7, 11) is 0. The highest BCUT2D eigenvalue weighted by Crippen LogP contribution is 2.22. The maximum absolute atomic E-state index is 12.2. The minimum atomic E-state index is -1.26. The number of nitrogens with zero attached hydrogens (tertiary/aromatic N) is 2. The molecule has 7 heteroatoms. The number of benzene rings is 1. The first-order valence-corrected chi connectivity index (χ1v) is 8.02. The van der Waals surface area contributed by atoms with E-state index in [1.807, 2.05) is 30.3 Å². The zero-order valence-corrected chi connectivity index (χ0v) is 13.8. The van der Waals surface area contributed by atoms with Crippen LogP contribution in [0.15, 0.2) is 42.1 Å². The topological polar surface area (TPSA) is 73.2 Å². The van der Waals surface area contributed by atoms with E-state index in [4.69, 9.17) is 4.74 Å². The van der Waals surface area contributed by atoms with Gasteiger partial charge in [0.2, 0.25) is 6.35 Å². The summed E-state index contributed by atoms with van der Waals surface area (Å²) in [6.45, 7) is 2.26. The van der Waals surface area contributed by atoms with Crippen LogP contribution in [0.25, 0.3) is 0 Å². The fourth-order valence-corrected chi connectivity index (χ4v) is 2.58. The van der Waals surface area contributed by atoms with Gasteiger partial charge >= 0.3 is 6.09 Å². The van der Waals surface area contributed by atoms with Crippen molar-refractivity contribution in [3.05, 3.63) is 47.7 Å². The van der Waals surface area contributed by atoms with E-state index >= 15 is 0 Å². The number of alkyl halides is 1. The van der Waals surface area contributed by atoms with E-state index < -0.39 is 18.7 Å². The van der Waals surface area contributed by atoms with Crippen molar-refractivity contribution >= 4 is 22.0 Å². The maximum Gasteiger partial charge on any atom is 0.416 e. The molecule has 6 nitrogen and oxygen atoms in total.